The van der Waals surface area contributed by atoms with E-state index in [1.807, 2.05) is 70.2 Å². The van der Waals surface area contributed by atoms with Crippen LogP contribution in [-0.2, 0) is 32.0 Å². The summed E-state index contributed by atoms with van der Waals surface area (Å²) in [4.78, 5) is 15.4. The number of carbonyl (C=O) groups is 1. The number of esters is 1. The van der Waals surface area contributed by atoms with Gasteiger partial charge < -0.3 is 33.7 Å². The van der Waals surface area contributed by atoms with Crippen molar-refractivity contribution in [3.63, 3.8) is 0 Å². The molecule has 0 saturated heterocycles. The number of rotatable bonds is 15. The highest BCUT2D eigenvalue weighted by Gasteiger charge is 2.32. The van der Waals surface area contributed by atoms with Crippen molar-refractivity contribution in [1.82, 2.24) is 4.90 Å². The van der Waals surface area contributed by atoms with E-state index in [-0.39, 0.29) is 19.1 Å². The smallest absolute Gasteiger partial charge is 0.336 e. The monoisotopic (exact) mass is 593 g/mol. The molecule has 0 aliphatic carbocycles. The zero-order valence-electron chi connectivity index (χ0n) is 26.6. The highest BCUT2D eigenvalue weighted by Crippen LogP contribution is 2.40. The molecule has 1 aliphatic rings. The lowest BCUT2D eigenvalue weighted by Crippen LogP contribution is -2.33. The lowest BCUT2D eigenvalue weighted by atomic mass is 9.88. The van der Waals surface area contributed by atoms with E-state index in [4.69, 9.17) is 23.7 Å². The number of hydrogen-bond donors (Lipinski definition) is 1. The topological polar surface area (TPSA) is 86.7 Å². The van der Waals surface area contributed by atoms with Crippen LogP contribution in [0.15, 0.2) is 54.3 Å². The Labute approximate surface area is 256 Å². The SMILES string of the molecule is C/C=C(/OC)C(OC(=O)[C@@H](O)CC#CC(C)(C)OCc1ccccc1)C(C)c1cc2c(cc1CCN(C)CCC)OCO2. The van der Waals surface area contributed by atoms with Crippen LogP contribution in [0.25, 0.3) is 0 Å². The second kappa shape index (κ2) is 16.4. The average molecular weight is 594 g/mol. The second-order valence-corrected chi connectivity index (χ2v) is 11.3. The number of aliphatic hydroxyl groups is 1. The van der Waals surface area contributed by atoms with Crippen molar-refractivity contribution in [3.05, 3.63) is 71.0 Å². The molecule has 8 nitrogen and oxygen atoms in total. The van der Waals surface area contributed by atoms with Gasteiger partial charge in [0.15, 0.2) is 23.7 Å². The third kappa shape index (κ3) is 10.0. The van der Waals surface area contributed by atoms with Gasteiger partial charge >= 0.3 is 5.97 Å². The minimum absolute atomic E-state index is 0.0880. The zero-order valence-corrected chi connectivity index (χ0v) is 26.6. The van der Waals surface area contributed by atoms with Crippen molar-refractivity contribution >= 4 is 5.97 Å². The normalized spacial score (nSPS) is 15.0. The van der Waals surface area contributed by atoms with Gasteiger partial charge in [-0.2, -0.15) is 0 Å². The number of benzene rings is 2. The van der Waals surface area contributed by atoms with Gasteiger partial charge in [-0.15, -0.1) is 0 Å². The molecule has 0 fully saturated rings. The summed E-state index contributed by atoms with van der Waals surface area (Å²) < 4.78 is 28.8. The molecule has 0 spiro atoms. The maximum Gasteiger partial charge on any atom is 0.336 e. The number of methoxy groups -OCH3 is 1. The van der Waals surface area contributed by atoms with Crippen LogP contribution in [0.4, 0.5) is 0 Å². The van der Waals surface area contributed by atoms with Gasteiger partial charge in [0.1, 0.15) is 11.4 Å². The standard InChI is InChI=1S/C35H47NO7/c1-8-19-36(6)20-17-27-21-31-32(41-24-40-31)22-28(27)25(3)33(30(9-2)39-7)43-34(38)29(37)16-13-18-35(4,5)42-23-26-14-11-10-12-15-26/h9-12,14-15,21-22,25,29,33,37H,8,16-17,19-20,23-24H2,1-7H3/b30-9+/t25?,29-,33?/m0/s1. The van der Waals surface area contributed by atoms with Gasteiger partial charge in [-0.25, -0.2) is 4.79 Å². The molecule has 0 radical (unpaired) electrons. The average Bonchev–Trinajstić information content (AvgIpc) is 3.46. The predicted molar refractivity (Wildman–Crippen MR) is 167 cm³/mol. The first kappa shape index (κ1) is 34.0. The predicted octanol–water partition coefficient (Wildman–Crippen LogP) is 5.61. The Bertz CT molecular complexity index is 1280. The van der Waals surface area contributed by atoms with E-state index < -0.39 is 23.8 Å². The van der Waals surface area contributed by atoms with E-state index in [1.165, 1.54) is 0 Å². The minimum Gasteiger partial charge on any atom is -0.497 e. The molecule has 2 aromatic carbocycles. The van der Waals surface area contributed by atoms with Crippen LogP contribution in [0.1, 0.15) is 70.1 Å². The van der Waals surface area contributed by atoms with Crippen LogP contribution in [0.3, 0.4) is 0 Å². The molecule has 2 aromatic rings. The Balaban J connectivity index is 1.74. The summed E-state index contributed by atoms with van der Waals surface area (Å²) >= 11 is 0. The Morgan fingerprint density at radius 3 is 2.51 bits per heavy atom. The van der Waals surface area contributed by atoms with Crippen molar-refractivity contribution in [2.75, 3.05) is 34.0 Å². The molecule has 1 aliphatic heterocycles. The number of hydrogen-bond acceptors (Lipinski definition) is 8. The van der Waals surface area contributed by atoms with Crippen molar-refractivity contribution in [2.45, 2.75) is 84.2 Å². The van der Waals surface area contributed by atoms with Gasteiger partial charge in [0.05, 0.1) is 13.7 Å². The zero-order chi connectivity index (χ0) is 31.4. The largest absolute Gasteiger partial charge is 0.497 e. The van der Waals surface area contributed by atoms with Gasteiger partial charge in [-0.05, 0) is 82.1 Å². The van der Waals surface area contributed by atoms with Crippen LogP contribution < -0.4 is 9.47 Å². The fourth-order valence-corrected chi connectivity index (χ4v) is 4.93. The molecular weight excluding hydrogens is 546 g/mol. The summed E-state index contributed by atoms with van der Waals surface area (Å²) in [5, 5.41) is 10.7. The number of likely N-dealkylation sites (N-methyl/N-ethyl adjacent to an activating group) is 1. The molecule has 1 heterocycles. The van der Waals surface area contributed by atoms with Crippen LogP contribution in [0.2, 0.25) is 0 Å². The number of ether oxygens (including phenoxy) is 5. The lowest BCUT2D eigenvalue weighted by Gasteiger charge is -2.28. The molecular formula is C35H47NO7. The number of carbonyl (C=O) groups excluding carboxylic acids is 1. The third-order valence-electron chi connectivity index (χ3n) is 7.39. The fraction of sp³-hybridized carbons (Fsp3) is 0.514. The molecule has 0 bridgehead atoms. The molecule has 3 rings (SSSR count). The molecule has 0 saturated carbocycles. The summed E-state index contributed by atoms with van der Waals surface area (Å²) in [6, 6.07) is 13.8. The number of nitrogens with zero attached hydrogens (tertiary/aromatic N) is 1. The summed E-state index contributed by atoms with van der Waals surface area (Å²) in [6.45, 7) is 12.1. The van der Waals surface area contributed by atoms with Crippen LogP contribution in [-0.4, -0.2) is 67.8 Å². The molecule has 8 heteroatoms. The van der Waals surface area contributed by atoms with Crippen LogP contribution in [0.5, 0.6) is 11.5 Å². The molecule has 1 N–H and O–H groups in total. The van der Waals surface area contributed by atoms with Crippen LogP contribution >= 0.6 is 0 Å². The van der Waals surface area contributed by atoms with Gasteiger partial charge in [0.2, 0.25) is 6.79 Å². The maximum atomic E-state index is 13.1. The fourth-order valence-electron chi connectivity index (χ4n) is 4.93. The number of allylic oxidation sites excluding steroid dienone is 1. The highest BCUT2D eigenvalue weighted by molar-refractivity contribution is 5.75. The first-order valence-electron chi connectivity index (χ1n) is 15.0. The Kier molecular flexibility index (Phi) is 12.9. The second-order valence-electron chi connectivity index (χ2n) is 11.3. The summed E-state index contributed by atoms with van der Waals surface area (Å²) in [5.41, 5.74) is 2.33. The van der Waals surface area contributed by atoms with Crippen LogP contribution in [0, 0.1) is 11.8 Å². The van der Waals surface area contributed by atoms with Gasteiger partial charge in [0.25, 0.3) is 0 Å². The quantitative estimate of drug-likeness (QED) is 0.162. The molecule has 0 amide bonds. The Morgan fingerprint density at radius 2 is 1.86 bits per heavy atom. The Morgan fingerprint density at radius 1 is 1.16 bits per heavy atom. The Hall–Kier alpha value is -3.51. The van der Waals surface area contributed by atoms with Gasteiger partial charge in [-0.1, -0.05) is 56.0 Å². The van der Waals surface area contributed by atoms with E-state index >= 15 is 0 Å². The first-order chi connectivity index (χ1) is 20.6. The van der Waals surface area contributed by atoms with Gasteiger partial charge in [-0.3, -0.25) is 0 Å². The van der Waals surface area contributed by atoms with E-state index in [1.54, 1.807) is 13.2 Å². The number of fused-ring (bicyclic) bond motifs is 1. The summed E-state index contributed by atoms with van der Waals surface area (Å²) in [7, 11) is 3.65. The number of aliphatic hydroxyl groups excluding tert-OH is 1. The van der Waals surface area contributed by atoms with Crippen molar-refractivity contribution in [1.29, 1.82) is 0 Å². The molecule has 234 valence electrons. The minimum atomic E-state index is -1.43. The van der Waals surface area contributed by atoms with E-state index in [0.29, 0.717) is 23.9 Å². The summed E-state index contributed by atoms with van der Waals surface area (Å²) in [5.74, 6) is 6.70. The van der Waals surface area contributed by atoms with Gasteiger partial charge in [0, 0.05) is 18.9 Å². The van der Waals surface area contributed by atoms with E-state index in [9.17, 15) is 9.90 Å². The van der Waals surface area contributed by atoms with E-state index in [2.05, 4.69) is 30.7 Å². The third-order valence-corrected chi connectivity index (χ3v) is 7.39. The van der Waals surface area contributed by atoms with Crippen molar-refractivity contribution in [3.8, 4) is 23.3 Å². The highest BCUT2D eigenvalue weighted by atomic mass is 16.7. The molecule has 43 heavy (non-hydrogen) atoms. The molecule has 2 unspecified atom stereocenters. The molecule has 0 aromatic heterocycles. The van der Waals surface area contributed by atoms with Crippen molar-refractivity contribution < 1.29 is 33.6 Å². The molecule has 3 atom stereocenters. The van der Waals surface area contributed by atoms with E-state index in [0.717, 1.165) is 42.6 Å². The van der Waals surface area contributed by atoms with Crippen molar-refractivity contribution in [2.24, 2.45) is 0 Å². The maximum absolute atomic E-state index is 13.1. The summed E-state index contributed by atoms with van der Waals surface area (Å²) in [6.07, 6.45) is 1.34. The first-order valence-corrected chi connectivity index (χ1v) is 15.0. The lowest BCUT2D eigenvalue weighted by molar-refractivity contribution is -0.159.